The number of aryl methyl sites for hydroxylation is 1. The van der Waals surface area contributed by atoms with Gasteiger partial charge in [0.1, 0.15) is 0 Å². The molecule has 5 heteroatoms. The molecule has 0 aromatic heterocycles. The molecule has 0 heterocycles. The van der Waals surface area contributed by atoms with Crippen LogP contribution in [0.3, 0.4) is 0 Å². The highest BCUT2D eigenvalue weighted by Gasteiger charge is 2.26. The summed E-state index contributed by atoms with van der Waals surface area (Å²) in [5.74, 6) is 0. The standard InChI is InChI=1S/C17H21NO3S/c1-3-16(19)17(14-7-5-4-6-8-14)18-22(20,21)15-11-9-13(2)10-12-15/h4-12,16-19H,3H2,1-2H3/t16-,17-/m1/s1. The van der Waals surface area contributed by atoms with Crippen LogP contribution in [-0.2, 0) is 10.0 Å². The van der Waals surface area contributed by atoms with Crippen LogP contribution in [-0.4, -0.2) is 19.6 Å². The fourth-order valence-electron chi connectivity index (χ4n) is 2.22. The fourth-order valence-corrected chi connectivity index (χ4v) is 3.48. The van der Waals surface area contributed by atoms with Crippen molar-refractivity contribution >= 4 is 10.0 Å². The second kappa shape index (κ2) is 7.05. The van der Waals surface area contributed by atoms with E-state index in [0.29, 0.717) is 6.42 Å². The molecule has 4 nitrogen and oxygen atoms in total. The summed E-state index contributed by atoms with van der Waals surface area (Å²) in [5.41, 5.74) is 1.74. The normalized spacial score (nSPS) is 14.5. The van der Waals surface area contributed by atoms with Gasteiger partial charge in [-0.3, -0.25) is 0 Å². The predicted molar refractivity (Wildman–Crippen MR) is 87.0 cm³/mol. The van der Waals surface area contributed by atoms with Gasteiger partial charge in [-0.25, -0.2) is 13.1 Å². The van der Waals surface area contributed by atoms with Gasteiger partial charge in [0.2, 0.25) is 10.0 Å². The molecule has 0 radical (unpaired) electrons. The van der Waals surface area contributed by atoms with Gasteiger partial charge < -0.3 is 5.11 Å². The van der Waals surface area contributed by atoms with E-state index in [1.54, 1.807) is 36.4 Å². The summed E-state index contributed by atoms with van der Waals surface area (Å²) in [6.07, 6.45) is -0.335. The molecule has 2 aromatic rings. The van der Waals surface area contributed by atoms with E-state index >= 15 is 0 Å². The molecule has 0 saturated carbocycles. The molecule has 2 N–H and O–H groups in total. The molecule has 2 atom stereocenters. The van der Waals surface area contributed by atoms with E-state index in [1.165, 1.54) is 0 Å². The van der Waals surface area contributed by atoms with Crippen molar-refractivity contribution < 1.29 is 13.5 Å². The van der Waals surface area contributed by atoms with Crippen LogP contribution in [0.15, 0.2) is 59.5 Å². The zero-order valence-electron chi connectivity index (χ0n) is 12.7. The van der Waals surface area contributed by atoms with Gasteiger partial charge in [-0.2, -0.15) is 0 Å². The predicted octanol–water partition coefficient (Wildman–Crippen LogP) is 2.79. The van der Waals surface area contributed by atoms with Crippen LogP contribution in [0.5, 0.6) is 0 Å². The van der Waals surface area contributed by atoms with Gasteiger partial charge in [0.15, 0.2) is 0 Å². The molecule has 22 heavy (non-hydrogen) atoms. The minimum Gasteiger partial charge on any atom is -0.391 e. The second-order valence-electron chi connectivity index (χ2n) is 5.30. The Balaban J connectivity index is 2.32. The molecule has 0 aliphatic rings. The van der Waals surface area contributed by atoms with E-state index in [2.05, 4.69) is 4.72 Å². The Morgan fingerprint density at radius 1 is 1.05 bits per heavy atom. The van der Waals surface area contributed by atoms with Gasteiger partial charge in [0.05, 0.1) is 17.0 Å². The molecule has 0 unspecified atom stereocenters. The average molecular weight is 319 g/mol. The van der Waals surface area contributed by atoms with Gasteiger partial charge in [0.25, 0.3) is 0 Å². The maximum atomic E-state index is 12.5. The number of aliphatic hydroxyl groups is 1. The van der Waals surface area contributed by atoms with Gasteiger partial charge in [-0.15, -0.1) is 0 Å². The Labute approximate surface area is 131 Å². The number of hydrogen-bond donors (Lipinski definition) is 2. The van der Waals surface area contributed by atoms with E-state index in [1.807, 2.05) is 32.0 Å². The Morgan fingerprint density at radius 2 is 1.64 bits per heavy atom. The van der Waals surface area contributed by atoms with E-state index in [0.717, 1.165) is 11.1 Å². The molecule has 0 amide bonds. The van der Waals surface area contributed by atoms with Crippen molar-refractivity contribution in [2.24, 2.45) is 0 Å². The van der Waals surface area contributed by atoms with Crippen molar-refractivity contribution in [3.05, 3.63) is 65.7 Å². The first kappa shape index (κ1) is 16.7. The molecule has 0 saturated heterocycles. The topological polar surface area (TPSA) is 66.4 Å². The highest BCUT2D eigenvalue weighted by Crippen LogP contribution is 2.22. The van der Waals surface area contributed by atoms with Crippen LogP contribution in [0.4, 0.5) is 0 Å². The second-order valence-corrected chi connectivity index (χ2v) is 7.01. The first-order valence-corrected chi connectivity index (χ1v) is 8.74. The number of rotatable bonds is 6. The molecule has 0 aliphatic heterocycles. The number of aliphatic hydroxyl groups excluding tert-OH is 1. The van der Waals surface area contributed by atoms with Crippen molar-refractivity contribution in [3.63, 3.8) is 0 Å². The molecule has 0 fully saturated rings. The molecule has 118 valence electrons. The molecular formula is C17H21NO3S. The monoisotopic (exact) mass is 319 g/mol. The van der Waals surface area contributed by atoms with Gasteiger partial charge in [-0.1, -0.05) is 55.0 Å². The van der Waals surface area contributed by atoms with Crippen molar-refractivity contribution in [1.82, 2.24) is 4.72 Å². The summed E-state index contributed by atoms with van der Waals surface area (Å²) in [7, 11) is -3.69. The lowest BCUT2D eigenvalue weighted by Gasteiger charge is -2.23. The Kier molecular flexibility index (Phi) is 5.34. The summed E-state index contributed by atoms with van der Waals surface area (Å²) in [6.45, 7) is 3.72. The Morgan fingerprint density at radius 3 is 2.18 bits per heavy atom. The van der Waals surface area contributed by atoms with Crippen molar-refractivity contribution in [1.29, 1.82) is 0 Å². The summed E-state index contributed by atoms with van der Waals surface area (Å²) in [5, 5.41) is 10.2. The highest BCUT2D eigenvalue weighted by atomic mass is 32.2. The number of hydrogen-bond acceptors (Lipinski definition) is 3. The third-order valence-electron chi connectivity index (χ3n) is 3.58. The van der Waals surface area contributed by atoms with E-state index in [9.17, 15) is 13.5 Å². The Hall–Kier alpha value is -1.69. The summed E-state index contributed by atoms with van der Waals surface area (Å²) in [4.78, 5) is 0.197. The molecule has 2 aromatic carbocycles. The zero-order valence-corrected chi connectivity index (χ0v) is 13.5. The lowest BCUT2D eigenvalue weighted by atomic mass is 10.0. The smallest absolute Gasteiger partial charge is 0.241 e. The van der Waals surface area contributed by atoms with Gasteiger partial charge in [-0.05, 0) is 31.0 Å². The maximum Gasteiger partial charge on any atom is 0.241 e. The Bertz CT molecular complexity index is 696. The van der Waals surface area contributed by atoms with Crippen molar-refractivity contribution in [2.45, 2.75) is 37.3 Å². The largest absolute Gasteiger partial charge is 0.391 e. The lowest BCUT2D eigenvalue weighted by molar-refractivity contribution is 0.133. The number of benzene rings is 2. The van der Waals surface area contributed by atoms with E-state index in [-0.39, 0.29) is 4.90 Å². The van der Waals surface area contributed by atoms with E-state index in [4.69, 9.17) is 0 Å². The third kappa shape index (κ3) is 3.94. The molecule has 0 spiro atoms. The van der Waals surface area contributed by atoms with Crippen LogP contribution in [0.1, 0.15) is 30.5 Å². The minimum absolute atomic E-state index is 0.197. The van der Waals surface area contributed by atoms with Crippen molar-refractivity contribution in [2.75, 3.05) is 0 Å². The lowest BCUT2D eigenvalue weighted by Crippen LogP contribution is -2.36. The van der Waals surface area contributed by atoms with E-state index < -0.39 is 22.2 Å². The van der Waals surface area contributed by atoms with Crippen LogP contribution >= 0.6 is 0 Å². The molecule has 0 bridgehead atoms. The zero-order chi connectivity index (χ0) is 16.2. The van der Waals surface area contributed by atoms with Crippen molar-refractivity contribution in [3.8, 4) is 0 Å². The van der Waals surface area contributed by atoms with Gasteiger partial charge in [0, 0.05) is 0 Å². The van der Waals surface area contributed by atoms with Crippen LogP contribution in [0.25, 0.3) is 0 Å². The number of nitrogens with one attached hydrogen (secondary N) is 1. The third-order valence-corrected chi connectivity index (χ3v) is 5.03. The quantitative estimate of drug-likeness (QED) is 0.860. The first-order valence-electron chi connectivity index (χ1n) is 7.26. The van der Waals surface area contributed by atoms with Gasteiger partial charge >= 0.3 is 0 Å². The highest BCUT2D eigenvalue weighted by molar-refractivity contribution is 7.89. The molecular weight excluding hydrogens is 298 g/mol. The average Bonchev–Trinajstić information content (AvgIpc) is 2.53. The first-order chi connectivity index (χ1) is 10.4. The maximum absolute atomic E-state index is 12.5. The summed E-state index contributed by atoms with van der Waals surface area (Å²) in [6, 6.07) is 15.1. The number of sulfonamides is 1. The minimum atomic E-state index is -3.69. The summed E-state index contributed by atoms with van der Waals surface area (Å²) < 4.78 is 27.7. The summed E-state index contributed by atoms with van der Waals surface area (Å²) >= 11 is 0. The SMILES string of the molecule is CC[C@@H](O)[C@H](NS(=O)(=O)c1ccc(C)cc1)c1ccccc1. The van der Waals surface area contributed by atoms with Crippen LogP contribution < -0.4 is 4.72 Å². The fraction of sp³-hybridized carbons (Fsp3) is 0.294. The molecule has 2 rings (SSSR count). The van der Waals surface area contributed by atoms with Crippen LogP contribution in [0, 0.1) is 6.92 Å². The van der Waals surface area contributed by atoms with Crippen LogP contribution in [0.2, 0.25) is 0 Å². The molecule has 0 aliphatic carbocycles.